The Morgan fingerprint density at radius 2 is 1.64 bits per heavy atom. The number of fused-ring (bicyclic) bond motifs is 1. The number of amides is 1. The van der Waals surface area contributed by atoms with Crippen molar-refractivity contribution >= 4 is 28.7 Å². The number of carboxylic acids is 2. The second kappa shape index (κ2) is 8.30. The summed E-state index contributed by atoms with van der Waals surface area (Å²) in [7, 11) is 0. The number of carbonyl (C=O) groups is 3. The Labute approximate surface area is 160 Å². The standard InChI is InChI=1S/C21H18N2O5/c24-19(25)11-10-17(21(27)28)23-20(26)15-12-18(13-6-2-1-3-7-13)22-16-9-5-4-8-14(15)16/h1-9,12,17H,10-11H2,(H,23,26)(H,24,25)(H,27,28). The van der Waals surface area contributed by atoms with Crippen molar-refractivity contribution in [3.63, 3.8) is 0 Å². The number of carbonyl (C=O) groups excluding carboxylic acids is 1. The number of nitrogens with zero attached hydrogens (tertiary/aromatic N) is 1. The Morgan fingerprint density at radius 3 is 2.32 bits per heavy atom. The van der Waals surface area contributed by atoms with Crippen LogP contribution in [0.15, 0.2) is 60.7 Å². The van der Waals surface area contributed by atoms with E-state index in [1.807, 2.05) is 30.3 Å². The van der Waals surface area contributed by atoms with Crippen LogP contribution in [0.5, 0.6) is 0 Å². The Morgan fingerprint density at radius 1 is 0.964 bits per heavy atom. The van der Waals surface area contributed by atoms with Crippen LogP contribution in [0.3, 0.4) is 0 Å². The third-order valence-electron chi connectivity index (χ3n) is 4.28. The van der Waals surface area contributed by atoms with Crippen LogP contribution in [0.25, 0.3) is 22.2 Å². The minimum absolute atomic E-state index is 0.203. The lowest BCUT2D eigenvalue weighted by atomic mass is 10.0. The second-order valence-electron chi connectivity index (χ2n) is 6.23. The SMILES string of the molecule is O=C(O)CCC(NC(=O)c1cc(-c2ccccc2)nc2ccccc12)C(=O)O. The Bertz CT molecular complexity index is 1030. The lowest BCUT2D eigenvalue weighted by Crippen LogP contribution is -2.41. The predicted octanol–water partition coefficient (Wildman–Crippen LogP) is 2.95. The highest BCUT2D eigenvalue weighted by Crippen LogP contribution is 2.25. The van der Waals surface area contributed by atoms with Crippen LogP contribution in [0.1, 0.15) is 23.2 Å². The Kier molecular flexibility index (Phi) is 5.64. The highest BCUT2D eigenvalue weighted by molar-refractivity contribution is 6.08. The summed E-state index contributed by atoms with van der Waals surface area (Å²) in [5, 5.41) is 21.1. The van der Waals surface area contributed by atoms with E-state index in [-0.39, 0.29) is 18.4 Å². The zero-order valence-electron chi connectivity index (χ0n) is 14.8. The number of benzene rings is 2. The first-order chi connectivity index (χ1) is 13.5. The van der Waals surface area contributed by atoms with Crippen molar-refractivity contribution in [3.05, 3.63) is 66.2 Å². The van der Waals surface area contributed by atoms with E-state index in [0.29, 0.717) is 16.6 Å². The quantitative estimate of drug-likeness (QED) is 0.582. The van der Waals surface area contributed by atoms with Gasteiger partial charge in [-0.25, -0.2) is 9.78 Å². The second-order valence-corrected chi connectivity index (χ2v) is 6.23. The molecule has 0 bridgehead atoms. The molecule has 3 N–H and O–H groups in total. The van der Waals surface area contributed by atoms with Gasteiger partial charge in [0.1, 0.15) is 6.04 Å². The smallest absolute Gasteiger partial charge is 0.326 e. The minimum Gasteiger partial charge on any atom is -0.481 e. The number of hydrogen-bond donors (Lipinski definition) is 3. The highest BCUT2D eigenvalue weighted by atomic mass is 16.4. The fourth-order valence-corrected chi connectivity index (χ4v) is 2.88. The molecule has 0 fully saturated rings. The van der Waals surface area contributed by atoms with Crippen molar-refractivity contribution in [1.82, 2.24) is 10.3 Å². The van der Waals surface area contributed by atoms with Crippen LogP contribution in [0.2, 0.25) is 0 Å². The van der Waals surface area contributed by atoms with Gasteiger partial charge in [-0.3, -0.25) is 9.59 Å². The molecule has 0 saturated heterocycles. The van der Waals surface area contributed by atoms with Gasteiger partial charge in [0.15, 0.2) is 0 Å². The van der Waals surface area contributed by atoms with Gasteiger partial charge in [0.25, 0.3) is 5.91 Å². The van der Waals surface area contributed by atoms with Crippen molar-refractivity contribution in [2.75, 3.05) is 0 Å². The van der Waals surface area contributed by atoms with Crippen molar-refractivity contribution in [3.8, 4) is 11.3 Å². The van der Waals surface area contributed by atoms with Crippen LogP contribution in [-0.2, 0) is 9.59 Å². The molecule has 0 saturated carbocycles. The molecule has 2 aromatic carbocycles. The van der Waals surface area contributed by atoms with E-state index in [2.05, 4.69) is 10.3 Å². The van der Waals surface area contributed by atoms with Gasteiger partial charge in [0.05, 0.1) is 16.8 Å². The van der Waals surface area contributed by atoms with E-state index in [4.69, 9.17) is 5.11 Å². The molecule has 1 amide bonds. The molecule has 1 heterocycles. The van der Waals surface area contributed by atoms with E-state index in [9.17, 15) is 19.5 Å². The van der Waals surface area contributed by atoms with Gasteiger partial charge in [0.2, 0.25) is 0 Å². The summed E-state index contributed by atoms with van der Waals surface area (Å²) in [6, 6.07) is 16.7. The number of carboxylic acid groups (broad SMARTS) is 2. The zero-order chi connectivity index (χ0) is 20.1. The maximum absolute atomic E-state index is 12.9. The summed E-state index contributed by atoms with van der Waals surface area (Å²) < 4.78 is 0. The fourth-order valence-electron chi connectivity index (χ4n) is 2.88. The molecule has 1 aromatic heterocycles. The van der Waals surface area contributed by atoms with Crippen molar-refractivity contribution < 1.29 is 24.6 Å². The van der Waals surface area contributed by atoms with Gasteiger partial charge in [0, 0.05) is 17.4 Å². The summed E-state index contributed by atoms with van der Waals surface area (Å²) in [6.07, 6.45) is -0.561. The first-order valence-electron chi connectivity index (χ1n) is 8.66. The average molecular weight is 378 g/mol. The molecular formula is C21H18N2O5. The van der Waals surface area contributed by atoms with E-state index < -0.39 is 23.9 Å². The van der Waals surface area contributed by atoms with Gasteiger partial charge in [-0.1, -0.05) is 48.5 Å². The van der Waals surface area contributed by atoms with Crippen LogP contribution < -0.4 is 5.32 Å². The van der Waals surface area contributed by atoms with E-state index in [0.717, 1.165) is 5.56 Å². The summed E-state index contributed by atoms with van der Waals surface area (Å²) in [5.41, 5.74) is 2.29. The lowest BCUT2D eigenvalue weighted by Gasteiger charge is -2.15. The van der Waals surface area contributed by atoms with Gasteiger partial charge in [-0.15, -0.1) is 0 Å². The summed E-state index contributed by atoms with van der Waals surface area (Å²) in [4.78, 5) is 39.6. The fraction of sp³-hybridized carbons (Fsp3) is 0.143. The van der Waals surface area contributed by atoms with Crippen LogP contribution in [-0.4, -0.2) is 39.1 Å². The van der Waals surface area contributed by atoms with Crippen molar-refractivity contribution in [2.24, 2.45) is 0 Å². The average Bonchev–Trinajstić information content (AvgIpc) is 2.70. The monoisotopic (exact) mass is 378 g/mol. The van der Waals surface area contributed by atoms with Crippen LogP contribution in [0.4, 0.5) is 0 Å². The Hall–Kier alpha value is -3.74. The number of aliphatic carboxylic acids is 2. The first kappa shape index (κ1) is 19.0. The molecule has 3 rings (SSSR count). The number of pyridine rings is 1. The first-order valence-corrected chi connectivity index (χ1v) is 8.66. The van der Waals surface area contributed by atoms with Gasteiger partial charge >= 0.3 is 11.9 Å². The molecular weight excluding hydrogens is 360 g/mol. The number of rotatable bonds is 7. The molecule has 28 heavy (non-hydrogen) atoms. The molecule has 0 radical (unpaired) electrons. The van der Waals surface area contributed by atoms with Crippen LogP contribution >= 0.6 is 0 Å². The molecule has 142 valence electrons. The molecule has 0 aliphatic carbocycles. The molecule has 7 heteroatoms. The van der Waals surface area contributed by atoms with Gasteiger partial charge in [-0.2, -0.15) is 0 Å². The summed E-state index contributed by atoms with van der Waals surface area (Å²) >= 11 is 0. The molecule has 0 spiro atoms. The maximum atomic E-state index is 12.9. The van der Waals surface area contributed by atoms with E-state index in [1.54, 1.807) is 30.3 Å². The molecule has 0 aliphatic rings. The predicted molar refractivity (Wildman–Crippen MR) is 103 cm³/mol. The zero-order valence-corrected chi connectivity index (χ0v) is 14.8. The highest BCUT2D eigenvalue weighted by Gasteiger charge is 2.23. The Balaban J connectivity index is 1.99. The number of aromatic nitrogens is 1. The number of nitrogens with one attached hydrogen (secondary N) is 1. The van der Waals surface area contributed by atoms with E-state index >= 15 is 0 Å². The van der Waals surface area contributed by atoms with Crippen molar-refractivity contribution in [2.45, 2.75) is 18.9 Å². The van der Waals surface area contributed by atoms with E-state index in [1.165, 1.54) is 0 Å². The summed E-state index contributed by atoms with van der Waals surface area (Å²) in [5.74, 6) is -2.99. The molecule has 1 atom stereocenters. The molecule has 1 unspecified atom stereocenters. The third kappa shape index (κ3) is 4.32. The van der Waals surface area contributed by atoms with Gasteiger partial charge in [-0.05, 0) is 18.6 Å². The molecule has 3 aromatic rings. The number of hydrogen-bond acceptors (Lipinski definition) is 4. The lowest BCUT2D eigenvalue weighted by molar-refractivity contribution is -0.140. The van der Waals surface area contributed by atoms with Crippen LogP contribution in [0, 0.1) is 0 Å². The topological polar surface area (TPSA) is 117 Å². The molecule has 7 nitrogen and oxygen atoms in total. The van der Waals surface area contributed by atoms with Gasteiger partial charge < -0.3 is 15.5 Å². The molecule has 0 aliphatic heterocycles. The maximum Gasteiger partial charge on any atom is 0.326 e. The largest absolute Gasteiger partial charge is 0.481 e. The third-order valence-corrected chi connectivity index (χ3v) is 4.28. The number of para-hydroxylation sites is 1. The summed E-state index contributed by atoms with van der Waals surface area (Å²) in [6.45, 7) is 0. The van der Waals surface area contributed by atoms with Crippen molar-refractivity contribution in [1.29, 1.82) is 0 Å². The minimum atomic E-state index is -1.30. The normalized spacial score (nSPS) is 11.7.